The number of aromatic nitrogens is 3. The summed E-state index contributed by atoms with van der Waals surface area (Å²) >= 11 is 7.67. The first kappa shape index (κ1) is 17.4. The van der Waals surface area contributed by atoms with Gasteiger partial charge in [-0.25, -0.2) is 0 Å². The van der Waals surface area contributed by atoms with Crippen molar-refractivity contribution < 1.29 is 4.92 Å². The predicted molar refractivity (Wildman–Crippen MR) is 98.5 cm³/mol. The molecule has 0 fully saturated rings. The summed E-state index contributed by atoms with van der Waals surface area (Å²) in [7, 11) is 0. The van der Waals surface area contributed by atoms with Gasteiger partial charge in [-0.2, -0.15) is 0 Å². The van der Waals surface area contributed by atoms with Crippen molar-refractivity contribution in [2.45, 2.75) is 24.8 Å². The van der Waals surface area contributed by atoms with E-state index in [1.165, 1.54) is 17.8 Å². The van der Waals surface area contributed by atoms with E-state index in [9.17, 15) is 10.1 Å². The Morgan fingerprint density at radius 2 is 2.08 bits per heavy atom. The third kappa shape index (κ3) is 3.67. The Bertz CT molecular complexity index is 942. The molecule has 25 heavy (non-hydrogen) atoms. The van der Waals surface area contributed by atoms with Crippen LogP contribution in [-0.2, 0) is 5.75 Å². The molecule has 0 amide bonds. The normalized spacial score (nSPS) is 10.8. The molecule has 0 radical (unpaired) electrons. The number of thioether (sulfide) groups is 1. The molecule has 1 heterocycles. The van der Waals surface area contributed by atoms with Crippen molar-refractivity contribution in [3.8, 4) is 5.69 Å². The second kappa shape index (κ2) is 7.25. The summed E-state index contributed by atoms with van der Waals surface area (Å²) in [6, 6.07) is 10.9. The number of hydrogen-bond acceptors (Lipinski definition) is 5. The average Bonchev–Trinajstić information content (AvgIpc) is 3.04. The maximum Gasteiger partial charge on any atom is 0.272 e. The topological polar surface area (TPSA) is 73.8 Å². The molecule has 1 aromatic heterocycles. The Morgan fingerprint density at radius 3 is 2.80 bits per heavy atom. The van der Waals surface area contributed by atoms with Crippen LogP contribution in [0.1, 0.15) is 16.7 Å². The molecule has 0 bridgehead atoms. The second-order valence-corrected chi connectivity index (χ2v) is 6.87. The molecule has 0 saturated heterocycles. The quantitative estimate of drug-likeness (QED) is 0.366. The van der Waals surface area contributed by atoms with Gasteiger partial charge in [-0.15, -0.1) is 10.2 Å². The molecule has 2 aromatic carbocycles. The zero-order chi connectivity index (χ0) is 18.0. The van der Waals surface area contributed by atoms with Crippen LogP contribution in [0, 0.1) is 24.0 Å². The van der Waals surface area contributed by atoms with Crippen molar-refractivity contribution >= 4 is 29.1 Å². The van der Waals surface area contributed by atoms with Crippen LogP contribution in [0.3, 0.4) is 0 Å². The largest absolute Gasteiger partial charge is 0.277 e. The highest BCUT2D eigenvalue weighted by Gasteiger charge is 2.15. The summed E-state index contributed by atoms with van der Waals surface area (Å²) in [4.78, 5) is 10.7. The van der Waals surface area contributed by atoms with E-state index in [0.29, 0.717) is 21.5 Å². The van der Waals surface area contributed by atoms with Crippen molar-refractivity contribution in [1.82, 2.24) is 14.8 Å². The van der Waals surface area contributed by atoms with Gasteiger partial charge in [0.2, 0.25) is 0 Å². The van der Waals surface area contributed by atoms with Gasteiger partial charge in [0, 0.05) is 22.4 Å². The fourth-order valence-corrected chi connectivity index (χ4v) is 3.57. The van der Waals surface area contributed by atoms with E-state index in [-0.39, 0.29) is 10.6 Å². The summed E-state index contributed by atoms with van der Waals surface area (Å²) in [5.74, 6) is 0.561. The zero-order valence-electron chi connectivity index (χ0n) is 13.6. The first-order chi connectivity index (χ1) is 12.0. The lowest BCUT2D eigenvalue weighted by Crippen LogP contribution is -1.98. The SMILES string of the molecule is Cc1ccc(-n2cnnc2SCc2cccc([N+](=O)[O-])c2C)cc1Cl. The fraction of sp³-hybridized carbons (Fsp3) is 0.176. The van der Waals surface area contributed by atoms with Gasteiger partial charge in [0.1, 0.15) is 6.33 Å². The molecule has 3 rings (SSSR count). The maximum atomic E-state index is 11.1. The number of nitrogens with zero attached hydrogens (tertiary/aromatic N) is 4. The van der Waals surface area contributed by atoms with Crippen molar-refractivity contribution in [3.05, 3.63) is 74.6 Å². The molecule has 8 heteroatoms. The number of nitro groups is 1. The van der Waals surface area contributed by atoms with Gasteiger partial charge in [-0.05, 0) is 37.1 Å². The minimum Gasteiger partial charge on any atom is -0.277 e. The Morgan fingerprint density at radius 1 is 1.28 bits per heavy atom. The van der Waals surface area contributed by atoms with Crippen molar-refractivity contribution in [1.29, 1.82) is 0 Å². The smallest absolute Gasteiger partial charge is 0.272 e. The third-order valence-corrected chi connectivity index (χ3v) is 5.32. The summed E-state index contributed by atoms with van der Waals surface area (Å²) in [6.07, 6.45) is 1.63. The average molecular weight is 375 g/mol. The summed E-state index contributed by atoms with van der Waals surface area (Å²) in [5.41, 5.74) is 3.57. The zero-order valence-corrected chi connectivity index (χ0v) is 15.2. The molecule has 0 aliphatic heterocycles. The molecule has 0 unspecified atom stereocenters. The molecular formula is C17H15ClN4O2S. The molecule has 0 spiro atoms. The molecule has 0 N–H and O–H groups in total. The highest BCUT2D eigenvalue weighted by molar-refractivity contribution is 7.98. The number of halogens is 1. The molecule has 0 saturated carbocycles. The lowest BCUT2D eigenvalue weighted by atomic mass is 10.1. The minimum absolute atomic E-state index is 0.130. The second-order valence-electron chi connectivity index (χ2n) is 5.52. The standard InChI is InChI=1S/C17H15ClN4O2S/c1-11-6-7-14(8-15(11)18)21-10-19-20-17(21)25-9-13-4-3-5-16(12(13)2)22(23)24/h3-8,10H,9H2,1-2H3. The van der Waals surface area contributed by atoms with E-state index in [1.54, 1.807) is 19.3 Å². The van der Waals surface area contributed by atoms with E-state index >= 15 is 0 Å². The molecule has 3 aromatic rings. The number of nitro benzene ring substituents is 1. The Balaban J connectivity index is 1.84. The molecular weight excluding hydrogens is 360 g/mol. The lowest BCUT2D eigenvalue weighted by molar-refractivity contribution is -0.385. The molecule has 0 atom stereocenters. The Kier molecular flexibility index (Phi) is 5.06. The van der Waals surface area contributed by atoms with Gasteiger partial charge in [-0.3, -0.25) is 14.7 Å². The van der Waals surface area contributed by atoms with E-state index in [0.717, 1.165) is 16.8 Å². The lowest BCUT2D eigenvalue weighted by Gasteiger charge is -2.09. The van der Waals surface area contributed by atoms with Gasteiger partial charge in [-0.1, -0.05) is 41.6 Å². The van der Waals surface area contributed by atoms with E-state index in [1.807, 2.05) is 35.8 Å². The number of hydrogen-bond donors (Lipinski definition) is 0. The minimum atomic E-state index is -0.361. The summed E-state index contributed by atoms with van der Waals surface area (Å²) in [6.45, 7) is 3.71. The van der Waals surface area contributed by atoms with Crippen molar-refractivity contribution in [3.63, 3.8) is 0 Å². The van der Waals surface area contributed by atoms with E-state index in [2.05, 4.69) is 10.2 Å². The highest BCUT2D eigenvalue weighted by atomic mass is 35.5. The third-order valence-electron chi connectivity index (χ3n) is 3.92. The summed E-state index contributed by atoms with van der Waals surface area (Å²) in [5, 5.41) is 20.6. The molecule has 128 valence electrons. The van der Waals surface area contributed by atoms with Crippen LogP contribution in [0.25, 0.3) is 5.69 Å². The molecule has 0 aliphatic rings. The summed E-state index contributed by atoms with van der Waals surface area (Å²) < 4.78 is 1.85. The van der Waals surface area contributed by atoms with Crippen LogP contribution in [0.4, 0.5) is 5.69 Å². The Labute approximate surface area is 154 Å². The van der Waals surface area contributed by atoms with Gasteiger partial charge < -0.3 is 0 Å². The van der Waals surface area contributed by atoms with Gasteiger partial charge >= 0.3 is 0 Å². The van der Waals surface area contributed by atoms with Crippen molar-refractivity contribution in [2.24, 2.45) is 0 Å². The molecule has 0 aliphatic carbocycles. The van der Waals surface area contributed by atoms with Crippen LogP contribution in [0.15, 0.2) is 47.9 Å². The van der Waals surface area contributed by atoms with Gasteiger partial charge in [0.05, 0.1) is 10.6 Å². The van der Waals surface area contributed by atoms with Crippen molar-refractivity contribution in [2.75, 3.05) is 0 Å². The molecule has 6 nitrogen and oxygen atoms in total. The van der Waals surface area contributed by atoms with Gasteiger partial charge in [0.25, 0.3) is 5.69 Å². The first-order valence-corrected chi connectivity index (χ1v) is 8.86. The van der Waals surface area contributed by atoms with Crippen LogP contribution in [-0.4, -0.2) is 19.7 Å². The highest BCUT2D eigenvalue weighted by Crippen LogP contribution is 2.29. The monoisotopic (exact) mass is 374 g/mol. The van der Waals surface area contributed by atoms with Gasteiger partial charge in [0.15, 0.2) is 5.16 Å². The van der Waals surface area contributed by atoms with Crippen LogP contribution < -0.4 is 0 Å². The van der Waals surface area contributed by atoms with Crippen LogP contribution in [0.5, 0.6) is 0 Å². The Hall–Kier alpha value is -2.38. The fourth-order valence-electron chi connectivity index (χ4n) is 2.40. The maximum absolute atomic E-state index is 11.1. The first-order valence-electron chi connectivity index (χ1n) is 7.49. The number of benzene rings is 2. The number of aryl methyl sites for hydroxylation is 1. The van der Waals surface area contributed by atoms with Crippen LogP contribution >= 0.6 is 23.4 Å². The van der Waals surface area contributed by atoms with E-state index < -0.39 is 0 Å². The van der Waals surface area contributed by atoms with E-state index in [4.69, 9.17) is 11.6 Å². The van der Waals surface area contributed by atoms with Crippen LogP contribution in [0.2, 0.25) is 5.02 Å². The predicted octanol–water partition coefficient (Wildman–Crippen LogP) is 4.74. The number of rotatable bonds is 5.